The summed E-state index contributed by atoms with van der Waals surface area (Å²) in [6.07, 6.45) is 0.661. The van der Waals surface area contributed by atoms with Crippen LogP contribution in [0, 0.1) is 17.5 Å². The summed E-state index contributed by atoms with van der Waals surface area (Å²) in [5, 5.41) is 13.1. The van der Waals surface area contributed by atoms with Crippen molar-refractivity contribution in [1.29, 1.82) is 0 Å². The summed E-state index contributed by atoms with van der Waals surface area (Å²) in [5.41, 5.74) is 0.0528. The maximum Gasteiger partial charge on any atom is 0.265 e. The van der Waals surface area contributed by atoms with Gasteiger partial charge in [-0.15, -0.1) is 11.3 Å². The molecule has 0 radical (unpaired) electrons. The number of benzene rings is 3. The van der Waals surface area contributed by atoms with Crippen LogP contribution >= 0.6 is 11.3 Å². The Kier molecular flexibility index (Phi) is 7.98. The molecule has 2 aliphatic rings. The van der Waals surface area contributed by atoms with Crippen LogP contribution in [0.3, 0.4) is 0 Å². The molecule has 1 fully saturated rings. The first-order chi connectivity index (χ1) is 20.3. The molecule has 4 aromatic rings. The predicted octanol–water partition coefficient (Wildman–Crippen LogP) is 5.94. The molecule has 9 heteroatoms. The van der Waals surface area contributed by atoms with E-state index in [1.165, 1.54) is 70.8 Å². The molecular weight excluding hydrogens is 559 g/mol. The van der Waals surface area contributed by atoms with Gasteiger partial charge in [-0.2, -0.15) is 0 Å². The number of hydrogen-bond acceptors (Lipinski definition) is 5. The number of hydrogen-bond donors (Lipinski definition) is 1. The van der Waals surface area contributed by atoms with Gasteiger partial charge in [-0.05, 0) is 90.3 Å². The molecule has 3 heterocycles. The van der Waals surface area contributed by atoms with E-state index < -0.39 is 29.2 Å². The van der Waals surface area contributed by atoms with Gasteiger partial charge in [0.1, 0.15) is 23.3 Å². The van der Waals surface area contributed by atoms with Crippen LogP contribution < -0.4 is 0 Å². The summed E-state index contributed by atoms with van der Waals surface area (Å²) in [6.45, 7) is 1.73. The SMILES string of the molecule is O=C1N(CC(O)CN2CCC(c3ccccc3F)CC2)C(c2cccs2)=NC1(c1ccc(F)cc1)c1ccc(F)cc1. The number of piperidine rings is 1. The van der Waals surface area contributed by atoms with Crippen molar-refractivity contribution in [1.82, 2.24) is 9.80 Å². The van der Waals surface area contributed by atoms with Gasteiger partial charge in [0.2, 0.25) is 0 Å². The lowest BCUT2D eigenvalue weighted by Crippen LogP contribution is -2.48. The fraction of sp³-hybridized carbons (Fsp3) is 0.273. The molecule has 2 aliphatic heterocycles. The molecule has 216 valence electrons. The van der Waals surface area contributed by atoms with Crippen molar-refractivity contribution < 1.29 is 23.1 Å². The molecule has 0 bridgehead atoms. The number of β-amino-alcohol motifs (C(OH)–C–C–N with tert-alkyl or cyclic N) is 1. The fourth-order valence-electron chi connectivity index (χ4n) is 6.05. The molecule has 1 saturated heterocycles. The molecule has 1 aromatic heterocycles. The lowest BCUT2D eigenvalue weighted by Gasteiger charge is -2.34. The number of nitrogens with zero attached hydrogens (tertiary/aromatic N) is 3. The first kappa shape index (κ1) is 28.3. The van der Waals surface area contributed by atoms with Gasteiger partial charge in [0.15, 0.2) is 5.54 Å². The first-order valence-corrected chi connectivity index (χ1v) is 14.9. The van der Waals surface area contributed by atoms with Gasteiger partial charge in [-0.1, -0.05) is 48.5 Å². The number of thiophene rings is 1. The first-order valence-electron chi connectivity index (χ1n) is 14.0. The second-order valence-electron chi connectivity index (χ2n) is 10.8. The second kappa shape index (κ2) is 11.8. The fourth-order valence-corrected chi connectivity index (χ4v) is 6.77. The Morgan fingerprint density at radius 2 is 1.48 bits per heavy atom. The van der Waals surface area contributed by atoms with Gasteiger partial charge in [-0.3, -0.25) is 9.69 Å². The van der Waals surface area contributed by atoms with E-state index >= 15 is 0 Å². The van der Waals surface area contributed by atoms with Crippen molar-refractivity contribution >= 4 is 23.1 Å². The molecule has 3 aromatic carbocycles. The molecule has 0 aliphatic carbocycles. The van der Waals surface area contributed by atoms with Gasteiger partial charge >= 0.3 is 0 Å². The number of carbonyl (C=O) groups excluding carboxylic acids is 1. The Bertz CT molecular complexity index is 1520. The number of aliphatic hydroxyl groups excluding tert-OH is 1. The number of carbonyl (C=O) groups is 1. The van der Waals surface area contributed by atoms with Crippen LogP contribution in [0.15, 0.2) is 95.3 Å². The minimum Gasteiger partial charge on any atom is -0.390 e. The number of amides is 1. The molecule has 1 atom stereocenters. The summed E-state index contributed by atoms with van der Waals surface area (Å²) < 4.78 is 42.2. The molecule has 42 heavy (non-hydrogen) atoms. The molecule has 1 unspecified atom stereocenters. The largest absolute Gasteiger partial charge is 0.390 e. The molecule has 1 N–H and O–H groups in total. The highest BCUT2D eigenvalue weighted by Crippen LogP contribution is 2.42. The van der Waals surface area contributed by atoms with Crippen molar-refractivity contribution in [2.24, 2.45) is 4.99 Å². The maximum absolute atomic E-state index is 14.4. The minimum atomic E-state index is -1.57. The Labute approximate surface area is 246 Å². The highest BCUT2D eigenvalue weighted by molar-refractivity contribution is 7.12. The predicted molar refractivity (Wildman–Crippen MR) is 157 cm³/mol. The van der Waals surface area contributed by atoms with Gasteiger partial charge in [0.05, 0.1) is 17.5 Å². The topological polar surface area (TPSA) is 56.1 Å². The van der Waals surface area contributed by atoms with E-state index in [2.05, 4.69) is 4.90 Å². The molecular formula is C33H30F3N3O2S. The van der Waals surface area contributed by atoms with E-state index in [0.717, 1.165) is 23.3 Å². The van der Waals surface area contributed by atoms with Crippen molar-refractivity contribution in [2.75, 3.05) is 26.2 Å². The van der Waals surface area contributed by atoms with Gasteiger partial charge in [0.25, 0.3) is 5.91 Å². The third kappa shape index (κ3) is 5.40. The van der Waals surface area contributed by atoms with E-state index in [9.17, 15) is 23.1 Å². The summed E-state index contributed by atoms with van der Waals surface area (Å²) in [5.74, 6) is -0.958. The van der Waals surface area contributed by atoms with E-state index in [1.54, 1.807) is 6.07 Å². The van der Waals surface area contributed by atoms with E-state index in [-0.39, 0.29) is 18.3 Å². The van der Waals surface area contributed by atoms with Gasteiger partial charge < -0.3 is 10.0 Å². The highest BCUT2D eigenvalue weighted by atomic mass is 32.1. The third-order valence-corrected chi connectivity index (χ3v) is 9.01. The molecule has 5 nitrogen and oxygen atoms in total. The highest BCUT2D eigenvalue weighted by Gasteiger charge is 2.52. The zero-order valence-corrected chi connectivity index (χ0v) is 23.6. The van der Waals surface area contributed by atoms with Crippen LogP contribution in [0.4, 0.5) is 13.2 Å². The number of halogens is 3. The van der Waals surface area contributed by atoms with E-state index in [0.29, 0.717) is 36.6 Å². The number of aliphatic imine (C=N–C) groups is 1. The molecule has 0 spiro atoms. The van der Waals surface area contributed by atoms with Crippen molar-refractivity contribution in [3.63, 3.8) is 0 Å². The van der Waals surface area contributed by atoms with Crippen molar-refractivity contribution in [2.45, 2.75) is 30.4 Å². The Morgan fingerprint density at radius 1 is 0.857 bits per heavy atom. The standard InChI is InChI=1S/C33H30F3N3O2S/c34-25-11-7-23(8-12-25)33(24-9-13-26(35)14-10-24)32(41)39(31(37-33)30-6-3-19-42-30)21-27(40)20-38-17-15-22(16-18-38)28-4-1-2-5-29(28)36/h1-14,19,22,27,40H,15-18,20-21H2. The van der Waals surface area contributed by atoms with Crippen LogP contribution in [-0.4, -0.2) is 58.9 Å². The second-order valence-corrected chi connectivity index (χ2v) is 11.8. The average molecular weight is 590 g/mol. The monoisotopic (exact) mass is 589 g/mol. The van der Waals surface area contributed by atoms with E-state index in [1.807, 2.05) is 29.6 Å². The van der Waals surface area contributed by atoms with Crippen LogP contribution in [0.2, 0.25) is 0 Å². The lowest BCUT2D eigenvalue weighted by atomic mass is 9.82. The van der Waals surface area contributed by atoms with Gasteiger partial charge in [0, 0.05) is 6.54 Å². The number of likely N-dealkylation sites (tertiary alicyclic amines) is 1. The van der Waals surface area contributed by atoms with Crippen LogP contribution in [0.25, 0.3) is 0 Å². The minimum absolute atomic E-state index is 0.00700. The summed E-state index contributed by atoms with van der Waals surface area (Å²) in [4.78, 5) is 23.8. The maximum atomic E-state index is 14.4. The number of amidine groups is 1. The zero-order valence-electron chi connectivity index (χ0n) is 22.8. The van der Waals surface area contributed by atoms with Crippen molar-refractivity contribution in [3.05, 3.63) is 129 Å². The third-order valence-electron chi connectivity index (χ3n) is 8.14. The molecule has 1 amide bonds. The number of rotatable bonds is 8. The van der Waals surface area contributed by atoms with Gasteiger partial charge in [-0.25, -0.2) is 18.2 Å². The number of aliphatic hydroxyl groups is 1. The smallest absolute Gasteiger partial charge is 0.265 e. The van der Waals surface area contributed by atoms with Crippen LogP contribution in [-0.2, 0) is 10.3 Å². The Balaban J connectivity index is 1.26. The van der Waals surface area contributed by atoms with Crippen LogP contribution in [0.1, 0.15) is 40.3 Å². The average Bonchev–Trinajstić information content (AvgIpc) is 3.62. The molecule has 0 saturated carbocycles. The lowest BCUT2D eigenvalue weighted by molar-refractivity contribution is -0.131. The van der Waals surface area contributed by atoms with Crippen LogP contribution in [0.5, 0.6) is 0 Å². The Hall–Kier alpha value is -3.79. The molecule has 6 rings (SSSR count). The van der Waals surface area contributed by atoms with E-state index in [4.69, 9.17) is 4.99 Å². The normalized spacial score (nSPS) is 18.3. The quantitative estimate of drug-likeness (QED) is 0.277. The summed E-state index contributed by atoms with van der Waals surface area (Å²) >= 11 is 1.42. The zero-order chi connectivity index (χ0) is 29.3. The summed E-state index contributed by atoms with van der Waals surface area (Å²) in [7, 11) is 0. The van der Waals surface area contributed by atoms with Crippen molar-refractivity contribution in [3.8, 4) is 0 Å². The summed E-state index contributed by atoms with van der Waals surface area (Å²) in [6, 6.07) is 21.8. The Morgan fingerprint density at radius 3 is 2.05 bits per heavy atom.